The second-order valence-corrected chi connectivity index (χ2v) is 6.83. The van der Waals surface area contributed by atoms with Crippen LogP contribution in [0.15, 0.2) is 52.9 Å². The quantitative estimate of drug-likeness (QED) is 0.665. The van der Waals surface area contributed by atoms with Crippen LogP contribution in [0, 0.1) is 19.7 Å². The van der Waals surface area contributed by atoms with Crippen molar-refractivity contribution in [2.45, 2.75) is 33.2 Å². The van der Waals surface area contributed by atoms with Gasteiger partial charge in [-0.1, -0.05) is 29.8 Å². The molecule has 0 aliphatic rings. The van der Waals surface area contributed by atoms with Gasteiger partial charge >= 0.3 is 0 Å². The Balaban J connectivity index is 1.62. The zero-order chi connectivity index (χ0) is 21.0. The molecule has 1 unspecified atom stereocenters. The average Bonchev–Trinajstić information content (AvgIpc) is 3.04. The number of hydrogen-bond donors (Lipinski definition) is 2. The highest BCUT2D eigenvalue weighted by atomic mass is 19.1. The zero-order valence-corrected chi connectivity index (χ0v) is 16.5. The summed E-state index contributed by atoms with van der Waals surface area (Å²) in [6.45, 7) is 5.24. The number of nitrogens with one attached hydrogen (secondary N) is 2. The number of carbonyl (C=O) groups is 2. The highest BCUT2D eigenvalue weighted by Crippen LogP contribution is 2.22. The number of aromatic nitrogens is 1. The third-order valence-corrected chi connectivity index (χ3v) is 4.39. The zero-order valence-electron chi connectivity index (χ0n) is 16.5. The third-order valence-electron chi connectivity index (χ3n) is 4.39. The molecular formula is C22H22FN3O3. The summed E-state index contributed by atoms with van der Waals surface area (Å²) >= 11 is 0. The Kier molecular flexibility index (Phi) is 6.07. The Hall–Kier alpha value is -3.48. The summed E-state index contributed by atoms with van der Waals surface area (Å²) in [5.74, 6) is -0.449. The lowest BCUT2D eigenvalue weighted by molar-refractivity contribution is -0.125. The lowest BCUT2D eigenvalue weighted by Gasteiger charge is -2.14. The number of aryl methyl sites for hydroxylation is 2. The van der Waals surface area contributed by atoms with Gasteiger partial charge in [-0.05, 0) is 45.0 Å². The fraction of sp³-hybridized carbons (Fsp3) is 0.227. The van der Waals surface area contributed by atoms with Gasteiger partial charge in [0.15, 0.2) is 0 Å². The summed E-state index contributed by atoms with van der Waals surface area (Å²) in [5, 5.41) is 5.06. The molecule has 7 heteroatoms. The predicted octanol–water partition coefficient (Wildman–Crippen LogP) is 3.78. The van der Waals surface area contributed by atoms with Crippen LogP contribution in [0.5, 0.6) is 0 Å². The number of hydrogen-bond acceptors (Lipinski definition) is 4. The van der Waals surface area contributed by atoms with Crippen molar-refractivity contribution in [1.29, 1.82) is 0 Å². The summed E-state index contributed by atoms with van der Waals surface area (Å²) in [5.41, 5.74) is 2.47. The SMILES string of the molecule is Cc1cccc(-c2nc(CC(=O)NC(C)C(=O)Nc3ccccc3F)c(C)o2)c1. The Morgan fingerprint density at radius 2 is 1.90 bits per heavy atom. The maximum atomic E-state index is 13.7. The van der Waals surface area contributed by atoms with Crippen molar-refractivity contribution in [3.05, 3.63) is 71.4 Å². The lowest BCUT2D eigenvalue weighted by Crippen LogP contribution is -2.42. The van der Waals surface area contributed by atoms with Crippen molar-refractivity contribution >= 4 is 17.5 Å². The minimum absolute atomic E-state index is 0.0293. The van der Waals surface area contributed by atoms with E-state index in [1.807, 2.05) is 31.2 Å². The minimum atomic E-state index is -0.842. The van der Waals surface area contributed by atoms with Gasteiger partial charge in [-0.25, -0.2) is 9.37 Å². The number of amides is 2. The van der Waals surface area contributed by atoms with Gasteiger partial charge in [0.1, 0.15) is 17.6 Å². The van der Waals surface area contributed by atoms with Gasteiger partial charge in [0.05, 0.1) is 17.8 Å². The van der Waals surface area contributed by atoms with E-state index in [1.54, 1.807) is 13.0 Å². The monoisotopic (exact) mass is 395 g/mol. The standard InChI is InChI=1S/C22H22FN3O3/c1-13-7-6-8-16(11-13)22-26-19(15(3)29-22)12-20(27)24-14(2)21(28)25-18-10-5-4-9-17(18)23/h4-11,14H,12H2,1-3H3,(H,24,27)(H,25,28). The van der Waals surface area contributed by atoms with Crippen molar-refractivity contribution in [1.82, 2.24) is 10.3 Å². The van der Waals surface area contributed by atoms with E-state index < -0.39 is 17.8 Å². The number of anilines is 1. The molecule has 0 bridgehead atoms. The molecule has 2 aromatic carbocycles. The van der Waals surface area contributed by atoms with Crippen LogP contribution in [-0.4, -0.2) is 22.8 Å². The first-order valence-electron chi connectivity index (χ1n) is 9.21. The van der Waals surface area contributed by atoms with E-state index in [2.05, 4.69) is 15.6 Å². The summed E-state index contributed by atoms with van der Waals surface area (Å²) < 4.78 is 19.3. The van der Waals surface area contributed by atoms with Crippen LogP contribution in [0.2, 0.25) is 0 Å². The summed E-state index contributed by atoms with van der Waals surface area (Å²) in [6.07, 6.45) is -0.0293. The van der Waals surface area contributed by atoms with Crippen LogP contribution in [0.3, 0.4) is 0 Å². The van der Waals surface area contributed by atoms with Gasteiger partial charge < -0.3 is 15.1 Å². The van der Waals surface area contributed by atoms with Crippen LogP contribution >= 0.6 is 0 Å². The Labute approximate surface area is 168 Å². The smallest absolute Gasteiger partial charge is 0.246 e. The molecule has 0 fully saturated rings. The van der Waals surface area contributed by atoms with E-state index in [9.17, 15) is 14.0 Å². The van der Waals surface area contributed by atoms with Gasteiger partial charge in [-0.15, -0.1) is 0 Å². The summed E-state index contributed by atoms with van der Waals surface area (Å²) in [6, 6.07) is 12.7. The predicted molar refractivity (Wildman–Crippen MR) is 108 cm³/mol. The summed E-state index contributed by atoms with van der Waals surface area (Å²) in [4.78, 5) is 29.0. The molecular weight excluding hydrogens is 373 g/mol. The van der Waals surface area contributed by atoms with Crippen LogP contribution < -0.4 is 10.6 Å². The van der Waals surface area contributed by atoms with E-state index >= 15 is 0 Å². The van der Waals surface area contributed by atoms with Gasteiger partial charge in [0.2, 0.25) is 17.7 Å². The minimum Gasteiger partial charge on any atom is -0.441 e. The molecule has 0 aliphatic heterocycles. The molecule has 3 rings (SSSR count). The molecule has 2 N–H and O–H groups in total. The van der Waals surface area contributed by atoms with Crippen molar-refractivity contribution in [3.63, 3.8) is 0 Å². The average molecular weight is 395 g/mol. The van der Waals surface area contributed by atoms with E-state index in [1.165, 1.54) is 25.1 Å². The van der Waals surface area contributed by atoms with E-state index in [0.29, 0.717) is 17.3 Å². The van der Waals surface area contributed by atoms with Crippen LogP contribution in [0.25, 0.3) is 11.5 Å². The molecule has 2 amide bonds. The summed E-state index contributed by atoms with van der Waals surface area (Å²) in [7, 11) is 0. The Bertz CT molecular complexity index is 1050. The van der Waals surface area contributed by atoms with Gasteiger partial charge in [-0.3, -0.25) is 9.59 Å². The first-order valence-corrected chi connectivity index (χ1v) is 9.21. The molecule has 150 valence electrons. The van der Waals surface area contributed by atoms with E-state index in [-0.39, 0.29) is 18.0 Å². The van der Waals surface area contributed by atoms with Gasteiger partial charge in [0.25, 0.3) is 0 Å². The van der Waals surface area contributed by atoms with Crippen molar-refractivity contribution in [2.24, 2.45) is 0 Å². The number of para-hydroxylation sites is 1. The normalized spacial score (nSPS) is 11.7. The number of halogens is 1. The molecule has 0 aliphatic carbocycles. The molecule has 0 saturated carbocycles. The van der Waals surface area contributed by atoms with Crippen molar-refractivity contribution in [2.75, 3.05) is 5.32 Å². The second-order valence-electron chi connectivity index (χ2n) is 6.83. The maximum absolute atomic E-state index is 13.7. The number of oxazole rings is 1. The number of benzene rings is 2. The van der Waals surface area contributed by atoms with Gasteiger partial charge in [0, 0.05) is 5.56 Å². The Morgan fingerprint density at radius 3 is 2.62 bits per heavy atom. The molecule has 1 aromatic heterocycles. The second kappa shape index (κ2) is 8.68. The molecule has 3 aromatic rings. The highest BCUT2D eigenvalue weighted by molar-refractivity contribution is 5.97. The topological polar surface area (TPSA) is 84.2 Å². The fourth-order valence-corrected chi connectivity index (χ4v) is 2.81. The molecule has 0 radical (unpaired) electrons. The Morgan fingerprint density at radius 1 is 1.14 bits per heavy atom. The fourth-order valence-electron chi connectivity index (χ4n) is 2.81. The van der Waals surface area contributed by atoms with Crippen molar-refractivity contribution < 1.29 is 18.4 Å². The maximum Gasteiger partial charge on any atom is 0.246 e. The van der Waals surface area contributed by atoms with E-state index in [0.717, 1.165) is 11.1 Å². The number of rotatable bonds is 6. The molecule has 1 heterocycles. The van der Waals surface area contributed by atoms with Gasteiger partial charge in [-0.2, -0.15) is 0 Å². The van der Waals surface area contributed by atoms with Crippen LogP contribution in [0.4, 0.5) is 10.1 Å². The van der Waals surface area contributed by atoms with Crippen LogP contribution in [0.1, 0.15) is 23.9 Å². The first-order chi connectivity index (χ1) is 13.8. The molecule has 0 saturated heterocycles. The largest absolute Gasteiger partial charge is 0.441 e. The van der Waals surface area contributed by atoms with E-state index in [4.69, 9.17) is 4.42 Å². The lowest BCUT2D eigenvalue weighted by atomic mass is 10.1. The number of carbonyl (C=O) groups excluding carboxylic acids is 2. The molecule has 1 atom stereocenters. The molecule has 0 spiro atoms. The first kappa shape index (κ1) is 20.3. The number of nitrogens with zero attached hydrogens (tertiary/aromatic N) is 1. The third kappa shape index (κ3) is 5.07. The molecule has 6 nitrogen and oxygen atoms in total. The molecule has 29 heavy (non-hydrogen) atoms. The van der Waals surface area contributed by atoms with Crippen molar-refractivity contribution in [3.8, 4) is 11.5 Å². The van der Waals surface area contributed by atoms with Crippen LogP contribution in [-0.2, 0) is 16.0 Å². The highest BCUT2D eigenvalue weighted by Gasteiger charge is 2.20.